The van der Waals surface area contributed by atoms with Crippen molar-refractivity contribution in [3.05, 3.63) is 12.2 Å². The molecule has 358 valence electrons. The molecule has 3 unspecified atom stereocenters. The summed E-state index contributed by atoms with van der Waals surface area (Å²) < 4.78 is 0. The smallest absolute Gasteiger partial charge is 0.249 e. The number of aliphatic hydroxyl groups excluding tert-OH is 3. The van der Waals surface area contributed by atoms with E-state index in [-0.39, 0.29) is 6.61 Å². The molecule has 1 amide bonds. The first-order chi connectivity index (χ1) is 29.6. The molecular weight excluding hydrogens is 739 g/mol. The van der Waals surface area contributed by atoms with Crippen LogP contribution in [-0.4, -0.2) is 46.1 Å². The average molecular weight is 848 g/mol. The lowest BCUT2D eigenvalue weighted by atomic mass is 10.0. The van der Waals surface area contributed by atoms with Gasteiger partial charge in [-0.25, -0.2) is 0 Å². The number of amides is 1. The maximum absolute atomic E-state index is 12.5. The molecule has 5 heteroatoms. The third-order valence-electron chi connectivity index (χ3n) is 13.1. The molecule has 60 heavy (non-hydrogen) atoms. The van der Waals surface area contributed by atoms with Gasteiger partial charge in [0.05, 0.1) is 18.8 Å². The predicted octanol–water partition coefficient (Wildman–Crippen LogP) is 16.7. The van der Waals surface area contributed by atoms with Gasteiger partial charge in [-0.05, 0) is 38.5 Å². The highest BCUT2D eigenvalue weighted by Gasteiger charge is 2.23. The Morgan fingerprint density at radius 3 is 0.917 bits per heavy atom. The minimum atomic E-state index is -1.07. The molecule has 0 aliphatic carbocycles. The highest BCUT2D eigenvalue weighted by Crippen LogP contribution is 2.18. The first-order valence-electron chi connectivity index (χ1n) is 27.5. The Morgan fingerprint density at radius 1 is 0.383 bits per heavy atom. The number of hydrogen-bond donors (Lipinski definition) is 4. The van der Waals surface area contributed by atoms with Gasteiger partial charge in [-0.15, -0.1) is 0 Å². The van der Waals surface area contributed by atoms with Gasteiger partial charge < -0.3 is 20.6 Å². The van der Waals surface area contributed by atoms with E-state index >= 15 is 0 Å². The van der Waals surface area contributed by atoms with Crippen molar-refractivity contribution in [2.24, 2.45) is 0 Å². The van der Waals surface area contributed by atoms with E-state index in [2.05, 4.69) is 31.3 Å². The van der Waals surface area contributed by atoms with Crippen LogP contribution in [0.2, 0.25) is 0 Å². The Bertz CT molecular complexity index is 848. The molecule has 0 spiro atoms. The second-order valence-corrected chi connectivity index (χ2v) is 19.1. The predicted molar refractivity (Wildman–Crippen MR) is 264 cm³/mol. The van der Waals surface area contributed by atoms with Gasteiger partial charge in [0.2, 0.25) is 5.91 Å². The molecule has 0 aliphatic heterocycles. The van der Waals surface area contributed by atoms with Crippen molar-refractivity contribution in [1.82, 2.24) is 5.32 Å². The summed E-state index contributed by atoms with van der Waals surface area (Å²) in [5, 5.41) is 33.4. The summed E-state index contributed by atoms with van der Waals surface area (Å²) in [5.41, 5.74) is 0. The zero-order valence-electron chi connectivity index (χ0n) is 40.9. The molecule has 5 nitrogen and oxygen atoms in total. The highest BCUT2D eigenvalue weighted by atomic mass is 16.3. The number of carbonyl (C=O) groups excluding carboxylic acids is 1. The Labute approximate surface area is 376 Å². The van der Waals surface area contributed by atoms with Gasteiger partial charge in [0.15, 0.2) is 0 Å². The number of unbranched alkanes of at least 4 members (excludes halogenated alkanes) is 41. The van der Waals surface area contributed by atoms with E-state index in [1.807, 2.05) is 0 Å². The Balaban J connectivity index is 3.46. The van der Waals surface area contributed by atoms with Gasteiger partial charge in [0.25, 0.3) is 0 Å². The average Bonchev–Trinajstić information content (AvgIpc) is 3.25. The van der Waals surface area contributed by atoms with E-state index in [1.54, 1.807) is 0 Å². The summed E-state index contributed by atoms with van der Waals surface area (Å²) >= 11 is 0. The largest absolute Gasteiger partial charge is 0.394 e. The Hall–Kier alpha value is -0.910. The van der Waals surface area contributed by atoms with Crippen molar-refractivity contribution in [2.75, 3.05) is 6.61 Å². The number of nitrogens with one attached hydrogen (secondary N) is 1. The van der Waals surface area contributed by atoms with Gasteiger partial charge in [-0.1, -0.05) is 283 Å². The lowest BCUT2D eigenvalue weighted by Gasteiger charge is -2.23. The number of rotatable bonds is 51. The van der Waals surface area contributed by atoms with Gasteiger partial charge in [-0.3, -0.25) is 4.79 Å². The van der Waals surface area contributed by atoms with E-state index < -0.39 is 24.2 Å². The summed E-state index contributed by atoms with van der Waals surface area (Å²) in [6.07, 6.45) is 62.6. The molecule has 0 heterocycles. The van der Waals surface area contributed by atoms with Gasteiger partial charge in [0, 0.05) is 0 Å². The molecule has 0 saturated heterocycles. The number of carbonyl (C=O) groups is 1. The van der Waals surface area contributed by atoms with E-state index in [4.69, 9.17) is 0 Å². The number of aliphatic hydroxyl groups is 3. The van der Waals surface area contributed by atoms with Crippen LogP contribution in [0, 0.1) is 0 Å². The van der Waals surface area contributed by atoms with E-state index in [0.717, 1.165) is 32.1 Å². The molecule has 0 aliphatic rings. The Morgan fingerprint density at radius 2 is 0.633 bits per heavy atom. The number of hydrogen-bond acceptors (Lipinski definition) is 4. The van der Waals surface area contributed by atoms with E-state index in [9.17, 15) is 20.1 Å². The molecule has 3 atom stereocenters. The molecule has 0 rings (SSSR count). The minimum absolute atomic E-state index is 0.309. The first kappa shape index (κ1) is 59.1. The normalized spacial score (nSPS) is 13.3. The van der Waals surface area contributed by atoms with Crippen molar-refractivity contribution in [3.8, 4) is 0 Å². The van der Waals surface area contributed by atoms with Crippen LogP contribution in [0.25, 0.3) is 0 Å². The van der Waals surface area contributed by atoms with Crippen LogP contribution in [0.5, 0.6) is 0 Å². The van der Waals surface area contributed by atoms with Crippen LogP contribution in [0.3, 0.4) is 0 Å². The first-order valence-corrected chi connectivity index (χ1v) is 27.5. The minimum Gasteiger partial charge on any atom is -0.394 e. The topological polar surface area (TPSA) is 89.8 Å². The van der Waals surface area contributed by atoms with Gasteiger partial charge >= 0.3 is 0 Å². The zero-order valence-corrected chi connectivity index (χ0v) is 40.9. The van der Waals surface area contributed by atoms with E-state index in [1.165, 1.54) is 250 Å². The zero-order chi connectivity index (χ0) is 43.7. The van der Waals surface area contributed by atoms with Crippen molar-refractivity contribution >= 4 is 5.91 Å². The quantitative estimate of drug-likeness (QED) is 0.0363. The highest BCUT2D eigenvalue weighted by molar-refractivity contribution is 5.80. The summed E-state index contributed by atoms with van der Waals surface area (Å²) in [6.45, 7) is 4.26. The van der Waals surface area contributed by atoms with E-state index in [0.29, 0.717) is 12.8 Å². The lowest BCUT2D eigenvalue weighted by molar-refractivity contribution is -0.131. The van der Waals surface area contributed by atoms with Crippen molar-refractivity contribution in [2.45, 2.75) is 327 Å². The standard InChI is InChI=1S/C55H109NO4/c1-3-5-7-9-11-13-15-17-19-20-21-22-23-24-25-26-27-28-29-30-31-32-33-34-35-36-38-40-42-44-46-48-50-54(59)55(60)56-52(51-57)53(58)49-47-45-43-41-39-37-18-16-14-12-10-8-6-4-2/h24-25,52-54,57-59H,3-23,26-51H2,1-2H3,(H,56,60)/b25-24-. The van der Waals surface area contributed by atoms with Crippen molar-refractivity contribution < 1.29 is 20.1 Å². The number of allylic oxidation sites excluding steroid dienone is 2. The SMILES string of the molecule is CCCCCCCCCCCCCC/C=C\CCCCCCCCCCCCCCCCCCC(O)C(=O)NC(CO)C(O)CCCCCCCCCCCCCCCC. The van der Waals surface area contributed by atoms with Crippen LogP contribution in [0.15, 0.2) is 12.2 Å². The summed E-state index contributed by atoms with van der Waals surface area (Å²) in [4.78, 5) is 12.5. The third-order valence-corrected chi connectivity index (χ3v) is 13.1. The summed E-state index contributed by atoms with van der Waals surface area (Å²) in [7, 11) is 0. The third kappa shape index (κ3) is 45.1. The van der Waals surface area contributed by atoms with Crippen LogP contribution >= 0.6 is 0 Å². The van der Waals surface area contributed by atoms with Crippen LogP contribution < -0.4 is 5.32 Å². The molecule has 0 aromatic heterocycles. The van der Waals surface area contributed by atoms with Gasteiger partial charge in [-0.2, -0.15) is 0 Å². The Kier molecular flexibility index (Phi) is 50.0. The molecule has 0 aromatic carbocycles. The van der Waals surface area contributed by atoms with Crippen LogP contribution in [0.1, 0.15) is 309 Å². The summed E-state index contributed by atoms with van der Waals surface area (Å²) in [6, 6.07) is -0.708. The molecule has 0 bridgehead atoms. The maximum atomic E-state index is 12.5. The van der Waals surface area contributed by atoms with Crippen LogP contribution in [-0.2, 0) is 4.79 Å². The van der Waals surface area contributed by atoms with Crippen molar-refractivity contribution in [3.63, 3.8) is 0 Å². The molecule has 0 aromatic rings. The fourth-order valence-corrected chi connectivity index (χ4v) is 8.84. The maximum Gasteiger partial charge on any atom is 0.249 e. The monoisotopic (exact) mass is 848 g/mol. The second-order valence-electron chi connectivity index (χ2n) is 19.1. The fraction of sp³-hybridized carbons (Fsp3) is 0.945. The molecule has 0 fully saturated rings. The van der Waals surface area contributed by atoms with Crippen LogP contribution in [0.4, 0.5) is 0 Å². The second kappa shape index (κ2) is 50.7. The van der Waals surface area contributed by atoms with Gasteiger partial charge in [0.1, 0.15) is 6.10 Å². The molecule has 0 saturated carbocycles. The van der Waals surface area contributed by atoms with Crippen molar-refractivity contribution in [1.29, 1.82) is 0 Å². The lowest BCUT2D eigenvalue weighted by Crippen LogP contribution is -2.49. The molecule has 0 radical (unpaired) electrons. The fourth-order valence-electron chi connectivity index (χ4n) is 8.84. The molecular formula is C55H109NO4. The molecule has 4 N–H and O–H groups in total. The summed E-state index contributed by atoms with van der Waals surface area (Å²) in [5.74, 6) is -0.465.